The number of rotatable bonds is 3. The summed E-state index contributed by atoms with van der Waals surface area (Å²) in [5.41, 5.74) is -0.201. The van der Waals surface area contributed by atoms with Gasteiger partial charge in [0.25, 0.3) is 6.01 Å². The summed E-state index contributed by atoms with van der Waals surface area (Å²) < 4.78 is 41.7. The molecule has 0 unspecified atom stereocenters. The number of carboxylic acids is 1. The minimum atomic E-state index is -4.13. The Morgan fingerprint density at radius 3 is 2.58 bits per heavy atom. The molecule has 1 saturated heterocycles. The normalized spacial score (nSPS) is 17.7. The van der Waals surface area contributed by atoms with Crippen molar-refractivity contribution >= 4 is 12.0 Å². The number of hydrogen-bond acceptors (Lipinski definition) is 4. The number of oxazole rings is 1. The van der Waals surface area contributed by atoms with Gasteiger partial charge in [-0.2, -0.15) is 18.2 Å². The van der Waals surface area contributed by atoms with Gasteiger partial charge < -0.3 is 14.4 Å². The van der Waals surface area contributed by atoms with Crippen LogP contribution in [0, 0.1) is 5.92 Å². The quantitative estimate of drug-likeness (QED) is 0.920. The van der Waals surface area contributed by atoms with Crippen LogP contribution < -0.4 is 4.90 Å². The third kappa shape index (κ3) is 3.62. The lowest BCUT2D eigenvalue weighted by atomic mass is 9.93. The lowest BCUT2D eigenvalue weighted by molar-refractivity contribution is -0.145. The van der Waals surface area contributed by atoms with Gasteiger partial charge in [0.2, 0.25) is 0 Å². The lowest BCUT2D eigenvalue weighted by Gasteiger charge is -2.31. The van der Waals surface area contributed by atoms with Crippen LogP contribution in [0.15, 0.2) is 10.7 Å². The number of halogens is 3. The van der Waals surface area contributed by atoms with E-state index in [0.29, 0.717) is 25.9 Å². The molecule has 8 heteroatoms. The van der Waals surface area contributed by atoms with E-state index in [1.807, 2.05) is 0 Å². The molecular weight excluding hydrogens is 265 g/mol. The van der Waals surface area contributed by atoms with E-state index in [9.17, 15) is 18.0 Å². The molecule has 1 fully saturated rings. The molecule has 2 rings (SSSR count). The molecule has 19 heavy (non-hydrogen) atoms. The van der Waals surface area contributed by atoms with Crippen LogP contribution in [0.5, 0.6) is 0 Å². The Labute approximate surface area is 107 Å². The molecule has 106 valence electrons. The van der Waals surface area contributed by atoms with Crippen molar-refractivity contribution in [1.29, 1.82) is 0 Å². The number of anilines is 1. The molecule has 0 radical (unpaired) electrons. The van der Waals surface area contributed by atoms with Gasteiger partial charge in [-0.15, -0.1) is 0 Å². The van der Waals surface area contributed by atoms with Crippen molar-refractivity contribution in [1.82, 2.24) is 4.98 Å². The van der Waals surface area contributed by atoms with E-state index >= 15 is 0 Å². The van der Waals surface area contributed by atoms with Gasteiger partial charge in [0.15, 0.2) is 5.69 Å². The van der Waals surface area contributed by atoms with E-state index in [0.717, 1.165) is 6.26 Å². The molecule has 5 nitrogen and oxygen atoms in total. The zero-order valence-corrected chi connectivity index (χ0v) is 9.98. The van der Waals surface area contributed by atoms with E-state index in [1.165, 1.54) is 0 Å². The Hall–Kier alpha value is -1.73. The zero-order valence-electron chi connectivity index (χ0n) is 9.98. The molecular formula is C11H13F3N2O3. The van der Waals surface area contributed by atoms with Gasteiger partial charge in [0, 0.05) is 19.5 Å². The first-order valence-corrected chi connectivity index (χ1v) is 5.85. The summed E-state index contributed by atoms with van der Waals surface area (Å²) in [6.07, 6.45) is -3.09. The summed E-state index contributed by atoms with van der Waals surface area (Å²) in [6.45, 7) is 0.778. The molecule has 0 amide bonds. The first-order chi connectivity index (χ1) is 8.85. The minimum absolute atomic E-state index is 0.155. The third-order valence-corrected chi connectivity index (χ3v) is 3.12. The summed E-state index contributed by atoms with van der Waals surface area (Å²) in [5, 5.41) is 8.70. The summed E-state index contributed by atoms with van der Waals surface area (Å²) >= 11 is 0. The maximum atomic E-state index is 12.2. The Morgan fingerprint density at radius 1 is 1.47 bits per heavy atom. The number of piperidine rings is 1. The third-order valence-electron chi connectivity index (χ3n) is 3.12. The minimum Gasteiger partial charge on any atom is -0.476 e. The van der Waals surface area contributed by atoms with Crippen LogP contribution >= 0.6 is 0 Å². The van der Waals surface area contributed by atoms with Crippen LogP contribution in [0.2, 0.25) is 0 Å². The summed E-state index contributed by atoms with van der Waals surface area (Å²) in [5.74, 6) is -1.58. The number of nitrogens with zero attached hydrogens (tertiary/aromatic N) is 2. The van der Waals surface area contributed by atoms with Gasteiger partial charge in [0.05, 0.1) is 0 Å². The number of alkyl halides is 3. The summed E-state index contributed by atoms with van der Waals surface area (Å²) in [6, 6.07) is 0.155. The molecule has 0 aromatic carbocycles. The fraction of sp³-hybridized carbons (Fsp3) is 0.636. The molecule has 0 saturated carbocycles. The lowest BCUT2D eigenvalue weighted by Crippen LogP contribution is -2.35. The molecule has 1 aromatic heterocycles. The second-order valence-corrected chi connectivity index (χ2v) is 4.57. The van der Waals surface area contributed by atoms with E-state index in [1.54, 1.807) is 4.90 Å². The Kier molecular flexibility index (Phi) is 3.68. The highest BCUT2D eigenvalue weighted by Crippen LogP contribution is 2.32. The number of hydrogen-bond donors (Lipinski definition) is 1. The Bertz CT molecular complexity index is 450. The average molecular weight is 278 g/mol. The topological polar surface area (TPSA) is 66.6 Å². The smallest absolute Gasteiger partial charge is 0.389 e. The van der Waals surface area contributed by atoms with E-state index in [-0.39, 0.29) is 17.6 Å². The monoisotopic (exact) mass is 278 g/mol. The summed E-state index contributed by atoms with van der Waals surface area (Å²) in [4.78, 5) is 16.1. The number of aromatic nitrogens is 1. The number of aromatic carboxylic acids is 1. The van der Waals surface area contributed by atoms with Crippen molar-refractivity contribution < 1.29 is 27.5 Å². The van der Waals surface area contributed by atoms with E-state index in [2.05, 4.69) is 4.98 Å². The standard InChI is InChI=1S/C11H13F3N2O3/c12-11(13,14)5-7-1-3-16(4-2-7)10-15-8(6-19-10)9(17)18/h6-7H,1-5H2,(H,17,18). The van der Waals surface area contributed by atoms with Gasteiger partial charge in [-0.25, -0.2) is 4.79 Å². The first-order valence-electron chi connectivity index (χ1n) is 5.85. The molecule has 0 bridgehead atoms. The van der Waals surface area contributed by atoms with Gasteiger partial charge >= 0.3 is 12.1 Å². The van der Waals surface area contributed by atoms with Crippen molar-refractivity contribution in [2.24, 2.45) is 5.92 Å². The molecule has 2 heterocycles. The zero-order chi connectivity index (χ0) is 14.0. The number of carbonyl (C=O) groups is 1. The highest BCUT2D eigenvalue weighted by Gasteiger charge is 2.34. The van der Waals surface area contributed by atoms with Crippen molar-refractivity contribution in [2.75, 3.05) is 18.0 Å². The Morgan fingerprint density at radius 2 is 2.11 bits per heavy atom. The van der Waals surface area contributed by atoms with Crippen molar-refractivity contribution in [3.8, 4) is 0 Å². The first kappa shape index (κ1) is 13.7. The molecule has 1 aromatic rings. The van der Waals surface area contributed by atoms with E-state index in [4.69, 9.17) is 9.52 Å². The highest BCUT2D eigenvalue weighted by atomic mass is 19.4. The van der Waals surface area contributed by atoms with Crippen LogP contribution in [0.1, 0.15) is 29.8 Å². The van der Waals surface area contributed by atoms with Crippen molar-refractivity contribution in [3.05, 3.63) is 12.0 Å². The van der Waals surface area contributed by atoms with Crippen LogP contribution in [-0.2, 0) is 0 Å². The highest BCUT2D eigenvalue weighted by molar-refractivity contribution is 5.85. The predicted octanol–water partition coefficient (Wildman–Crippen LogP) is 2.54. The van der Waals surface area contributed by atoms with Crippen molar-refractivity contribution in [3.63, 3.8) is 0 Å². The second-order valence-electron chi connectivity index (χ2n) is 4.57. The second kappa shape index (κ2) is 5.10. The maximum Gasteiger partial charge on any atom is 0.389 e. The van der Waals surface area contributed by atoms with Crippen molar-refractivity contribution in [2.45, 2.75) is 25.4 Å². The fourth-order valence-electron chi connectivity index (χ4n) is 2.16. The van der Waals surface area contributed by atoms with Crippen LogP contribution in [0.4, 0.5) is 19.2 Å². The molecule has 0 aliphatic carbocycles. The predicted molar refractivity (Wildman–Crippen MR) is 59.1 cm³/mol. The molecule has 0 spiro atoms. The molecule has 1 aliphatic heterocycles. The summed E-state index contributed by atoms with van der Waals surface area (Å²) in [7, 11) is 0. The number of carboxylic acid groups (broad SMARTS) is 1. The molecule has 0 atom stereocenters. The van der Waals surface area contributed by atoms with E-state index < -0.39 is 18.6 Å². The molecule has 1 aliphatic rings. The largest absolute Gasteiger partial charge is 0.476 e. The van der Waals surface area contributed by atoms with Gasteiger partial charge in [-0.3, -0.25) is 0 Å². The molecule has 1 N–H and O–H groups in total. The maximum absolute atomic E-state index is 12.2. The van der Waals surface area contributed by atoms with Gasteiger partial charge in [-0.05, 0) is 18.8 Å². The Balaban J connectivity index is 1.90. The van der Waals surface area contributed by atoms with Crippen LogP contribution in [-0.4, -0.2) is 35.3 Å². The van der Waals surface area contributed by atoms with Gasteiger partial charge in [0.1, 0.15) is 6.26 Å². The van der Waals surface area contributed by atoms with Crippen LogP contribution in [0.25, 0.3) is 0 Å². The average Bonchev–Trinajstić information content (AvgIpc) is 2.77. The SMILES string of the molecule is O=C(O)c1coc(N2CCC(CC(F)(F)F)CC2)n1. The van der Waals surface area contributed by atoms with Crippen LogP contribution in [0.3, 0.4) is 0 Å². The fourth-order valence-corrected chi connectivity index (χ4v) is 2.16. The van der Waals surface area contributed by atoms with Gasteiger partial charge in [-0.1, -0.05) is 0 Å².